The number of carbonyl (C=O) groups is 4. The lowest BCUT2D eigenvalue weighted by molar-refractivity contribution is -0.137. The molecule has 4 fully saturated rings. The van der Waals surface area contributed by atoms with Crippen LogP contribution in [0.5, 0.6) is 0 Å². The van der Waals surface area contributed by atoms with Crippen LogP contribution in [0.25, 0.3) is 0 Å². The Hall–Kier alpha value is -3.30. The summed E-state index contributed by atoms with van der Waals surface area (Å²) in [7, 11) is 0. The van der Waals surface area contributed by atoms with Crippen molar-refractivity contribution in [3.8, 4) is 0 Å². The van der Waals surface area contributed by atoms with Gasteiger partial charge in [-0.15, -0.1) is 0 Å². The Kier molecular flexibility index (Phi) is 5.61. The molecule has 3 saturated heterocycles. The predicted octanol–water partition coefficient (Wildman–Crippen LogP) is 3.59. The molecule has 5 aliphatic heterocycles. The number of piperidine rings is 1. The van der Waals surface area contributed by atoms with E-state index in [1.54, 1.807) is 29.2 Å². The molecular weight excluding hydrogens is 523 g/mol. The Bertz CT molecular complexity index is 1460. The highest BCUT2D eigenvalue weighted by atomic mass is 35.5. The molecule has 4 amide bonds. The third-order valence-electron chi connectivity index (χ3n) is 9.36. The van der Waals surface area contributed by atoms with Crippen molar-refractivity contribution < 1.29 is 23.6 Å². The zero-order valence-electron chi connectivity index (χ0n) is 21.5. The normalized spacial score (nSPS) is 29.4. The summed E-state index contributed by atoms with van der Waals surface area (Å²) >= 11 is 6.10. The van der Waals surface area contributed by atoms with Crippen molar-refractivity contribution in [2.24, 2.45) is 5.92 Å². The van der Waals surface area contributed by atoms with E-state index >= 15 is 4.39 Å². The van der Waals surface area contributed by atoms with E-state index < -0.39 is 23.8 Å². The summed E-state index contributed by atoms with van der Waals surface area (Å²) in [5, 5.41) is 2.37. The molecule has 2 bridgehead atoms. The second-order valence-electron chi connectivity index (χ2n) is 11.5. The van der Waals surface area contributed by atoms with Gasteiger partial charge in [0.05, 0.1) is 17.1 Å². The summed E-state index contributed by atoms with van der Waals surface area (Å²) in [6.07, 6.45) is 2.80. The molecule has 5 heterocycles. The number of halogens is 2. The monoisotopic (exact) mass is 550 g/mol. The standard InChI is InChI=1S/C29H28ClFN4O4/c1-14-20-10-16(2-3-19(20)29(39)35(14)23-6-7-25(36)32-27(23)37)28(38)34-12-21-18(4-5-22(30)26(21)31)24(34)13-33-11-15-8-17(33)9-15/h2-5,10,14-15,17,23-24H,6-9,11-13H2,1H3,(H,32,36,37)/t14-,15?,17?,23+,24+/m1/s1. The number of fused-ring (bicyclic) bond motifs is 3. The first-order chi connectivity index (χ1) is 18.7. The van der Waals surface area contributed by atoms with Crippen LogP contribution in [0.1, 0.15) is 82.1 Å². The number of hydrogen-bond acceptors (Lipinski definition) is 5. The summed E-state index contributed by atoms with van der Waals surface area (Å²) in [6.45, 7) is 3.60. The van der Waals surface area contributed by atoms with Crippen molar-refractivity contribution in [1.82, 2.24) is 20.0 Å². The first kappa shape index (κ1) is 24.7. The molecule has 1 N–H and O–H groups in total. The Morgan fingerprint density at radius 1 is 1.13 bits per heavy atom. The SMILES string of the molecule is C[C@@H]1c2cc(C(=O)N3Cc4c(ccc(Cl)c4F)[C@@H]3CN3CC4CC3C4)ccc2C(=O)N1[C@H]1CCC(=O)NC1=O. The topological polar surface area (TPSA) is 90.0 Å². The molecule has 10 heteroatoms. The zero-order valence-corrected chi connectivity index (χ0v) is 22.2. The lowest BCUT2D eigenvalue weighted by Gasteiger charge is -2.33. The quantitative estimate of drug-likeness (QED) is 0.588. The molecule has 0 aromatic heterocycles. The minimum Gasteiger partial charge on any atom is -0.326 e. The first-order valence-electron chi connectivity index (χ1n) is 13.5. The molecule has 1 saturated carbocycles. The van der Waals surface area contributed by atoms with E-state index in [1.807, 2.05) is 13.0 Å². The molecule has 39 heavy (non-hydrogen) atoms. The Morgan fingerprint density at radius 2 is 1.92 bits per heavy atom. The molecule has 0 spiro atoms. The fourth-order valence-electron chi connectivity index (χ4n) is 7.24. The summed E-state index contributed by atoms with van der Waals surface area (Å²) in [4.78, 5) is 57.1. The zero-order chi connectivity index (χ0) is 27.2. The number of nitrogens with one attached hydrogen (secondary N) is 1. The van der Waals surface area contributed by atoms with E-state index in [0.29, 0.717) is 40.8 Å². The van der Waals surface area contributed by atoms with Crippen LogP contribution in [0.2, 0.25) is 5.02 Å². The number of rotatable bonds is 4. The van der Waals surface area contributed by atoms with Gasteiger partial charge in [-0.1, -0.05) is 17.7 Å². The van der Waals surface area contributed by atoms with Crippen molar-refractivity contribution in [3.63, 3.8) is 0 Å². The van der Waals surface area contributed by atoms with Gasteiger partial charge < -0.3 is 9.80 Å². The number of hydrogen-bond donors (Lipinski definition) is 1. The minimum atomic E-state index is -0.742. The number of amides is 4. The summed E-state index contributed by atoms with van der Waals surface area (Å²) in [5.41, 5.74) is 2.77. The van der Waals surface area contributed by atoms with Crippen LogP contribution in [0.15, 0.2) is 30.3 Å². The van der Waals surface area contributed by atoms with Crippen LogP contribution in [0.4, 0.5) is 4.39 Å². The van der Waals surface area contributed by atoms with Crippen molar-refractivity contribution in [2.45, 2.75) is 63.3 Å². The highest BCUT2D eigenvalue weighted by Crippen LogP contribution is 2.45. The Labute approximate surface area is 230 Å². The van der Waals surface area contributed by atoms with Gasteiger partial charge in [-0.25, -0.2) is 4.39 Å². The van der Waals surface area contributed by atoms with Crippen molar-refractivity contribution in [1.29, 1.82) is 0 Å². The van der Waals surface area contributed by atoms with E-state index in [0.717, 1.165) is 12.1 Å². The van der Waals surface area contributed by atoms with Crippen molar-refractivity contribution >= 4 is 35.2 Å². The number of benzene rings is 2. The minimum absolute atomic E-state index is 0.0450. The van der Waals surface area contributed by atoms with Crippen molar-refractivity contribution in [3.05, 3.63) is 69.0 Å². The molecule has 8 nitrogen and oxygen atoms in total. The van der Waals surface area contributed by atoms with Gasteiger partial charge in [-0.3, -0.25) is 29.4 Å². The second kappa shape index (κ2) is 8.86. The predicted molar refractivity (Wildman–Crippen MR) is 139 cm³/mol. The van der Waals surface area contributed by atoms with Gasteiger partial charge in [0.1, 0.15) is 11.9 Å². The average molecular weight is 551 g/mol. The van der Waals surface area contributed by atoms with E-state index in [4.69, 9.17) is 11.6 Å². The molecule has 2 aromatic carbocycles. The van der Waals surface area contributed by atoms with Crippen molar-refractivity contribution in [2.75, 3.05) is 13.1 Å². The molecule has 2 aromatic rings. The number of nitrogens with zero attached hydrogens (tertiary/aromatic N) is 3. The maximum Gasteiger partial charge on any atom is 0.255 e. The number of carbonyl (C=O) groups excluding carboxylic acids is 4. The average Bonchev–Trinajstić information content (AvgIpc) is 3.64. The Morgan fingerprint density at radius 3 is 2.64 bits per heavy atom. The smallest absolute Gasteiger partial charge is 0.255 e. The second-order valence-corrected chi connectivity index (χ2v) is 11.9. The third-order valence-corrected chi connectivity index (χ3v) is 9.65. The lowest BCUT2D eigenvalue weighted by atomic mass is 9.86. The van der Waals surface area contributed by atoms with E-state index in [2.05, 4.69) is 10.2 Å². The molecule has 8 rings (SSSR count). The van der Waals surface area contributed by atoms with Gasteiger partial charge in [-0.2, -0.15) is 0 Å². The van der Waals surface area contributed by atoms with Crippen LogP contribution in [-0.4, -0.2) is 63.5 Å². The molecule has 0 radical (unpaired) electrons. The van der Waals surface area contributed by atoms with E-state index in [1.165, 1.54) is 17.7 Å². The third kappa shape index (κ3) is 3.73. The summed E-state index contributed by atoms with van der Waals surface area (Å²) in [5.74, 6) is -1.11. The van der Waals surface area contributed by atoms with Gasteiger partial charge in [0.2, 0.25) is 11.8 Å². The lowest BCUT2D eigenvalue weighted by Crippen LogP contribution is -2.53. The Balaban J connectivity index is 1.19. The van der Waals surface area contributed by atoms with Crippen LogP contribution in [-0.2, 0) is 16.1 Å². The van der Waals surface area contributed by atoms with Crippen LogP contribution in [0.3, 0.4) is 0 Å². The van der Waals surface area contributed by atoms with Gasteiger partial charge in [0, 0.05) is 48.8 Å². The van der Waals surface area contributed by atoms with Crippen LogP contribution in [0, 0.1) is 11.7 Å². The summed E-state index contributed by atoms with van der Waals surface area (Å²) in [6, 6.07) is 7.44. The molecule has 1 aliphatic carbocycles. The van der Waals surface area contributed by atoms with Crippen LogP contribution < -0.4 is 5.32 Å². The molecular formula is C29H28ClFN4O4. The van der Waals surface area contributed by atoms with E-state index in [9.17, 15) is 19.2 Å². The van der Waals surface area contributed by atoms with Crippen LogP contribution >= 0.6 is 11.6 Å². The highest BCUT2D eigenvalue weighted by Gasteiger charge is 2.47. The van der Waals surface area contributed by atoms with Gasteiger partial charge in [0.25, 0.3) is 11.8 Å². The van der Waals surface area contributed by atoms with Gasteiger partial charge in [0.15, 0.2) is 0 Å². The molecule has 0 unspecified atom stereocenters. The molecule has 202 valence electrons. The fourth-order valence-corrected chi connectivity index (χ4v) is 7.42. The van der Waals surface area contributed by atoms with E-state index in [-0.39, 0.29) is 48.2 Å². The largest absolute Gasteiger partial charge is 0.326 e. The summed E-state index contributed by atoms with van der Waals surface area (Å²) < 4.78 is 15.1. The fraction of sp³-hybridized carbons (Fsp3) is 0.448. The molecule has 6 aliphatic rings. The molecule has 3 atom stereocenters. The number of imide groups is 1. The van der Waals surface area contributed by atoms with Gasteiger partial charge >= 0.3 is 0 Å². The first-order valence-corrected chi connectivity index (χ1v) is 13.9. The van der Waals surface area contributed by atoms with Gasteiger partial charge in [-0.05, 0) is 67.5 Å². The maximum atomic E-state index is 15.1. The highest BCUT2D eigenvalue weighted by molar-refractivity contribution is 6.30. The maximum absolute atomic E-state index is 15.1.